The van der Waals surface area contributed by atoms with Gasteiger partial charge in [-0.3, -0.25) is 4.79 Å². The number of hydrogen-bond acceptors (Lipinski definition) is 1. The third-order valence-electron chi connectivity index (χ3n) is 2.95. The first kappa shape index (κ1) is 12.8. The van der Waals surface area contributed by atoms with Crippen molar-refractivity contribution in [1.29, 1.82) is 0 Å². The number of carbonyl (C=O) groups is 1. The summed E-state index contributed by atoms with van der Waals surface area (Å²) >= 11 is 6.03. The van der Waals surface area contributed by atoms with Crippen molar-refractivity contribution in [1.82, 2.24) is 0 Å². The molecule has 18 heavy (non-hydrogen) atoms. The monoisotopic (exact) mass is 258 g/mol. The van der Waals surface area contributed by atoms with Gasteiger partial charge in [0.25, 0.3) is 0 Å². The van der Waals surface area contributed by atoms with Crippen molar-refractivity contribution in [2.24, 2.45) is 0 Å². The van der Waals surface area contributed by atoms with Crippen LogP contribution in [0.2, 0.25) is 5.02 Å². The topological polar surface area (TPSA) is 17.1 Å². The van der Waals surface area contributed by atoms with E-state index in [0.717, 1.165) is 30.3 Å². The van der Waals surface area contributed by atoms with Crippen molar-refractivity contribution in [3.05, 3.63) is 58.6 Å². The van der Waals surface area contributed by atoms with E-state index in [-0.39, 0.29) is 0 Å². The summed E-state index contributed by atoms with van der Waals surface area (Å²) in [6, 6.07) is 14.0. The average molecular weight is 259 g/mol. The summed E-state index contributed by atoms with van der Waals surface area (Å²) in [5, 5.41) is 0.500. The second-order valence-corrected chi connectivity index (χ2v) is 4.71. The fourth-order valence-electron chi connectivity index (χ4n) is 1.95. The molecule has 0 bridgehead atoms. The highest BCUT2D eigenvalue weighted by Crippen LogP contribution is 2.25. The molecule has 0 fully saturated rings. The first-order valence-electron chi connectivity index (χ1n) is 6.08. The normalized spacial score (nSPS) is 10.3. The van der Waals surface area contributed by atoms with Gasteiger partial charge in [-0.25, -0.2) is 0 Å². The maximum absolute atomic E-state index is 10.7. The molecule has 92 valence electrons. The minimum Gasteiger partial charge on any atom is -0.298 e. The molecular formula is C16H15ClO. The molecule has 2 aromatic rings. The number of halogens is 1. The standard InChI is InChI=1S/C16H15ClO/c1-2-3-12-4-6-13(7-5-12)14-8-9-15(11-18)16(17)10-14/h4-11H,2-3H2,1H3. The Hall–Kier alpha value is -1.60. The summed E-state index contributed by atoms with van der Waals surface area (Å²) in [6.45, 7) is 2.17. The Bertz CT molecular complexity index is 544. The predicted octanol–water partition coefficient (Wildman–Crippen LogP) is 4.77. The van der Waals surface area contributed by atoms with Crippen molar-refractivity contribution < 1.29 is 4.79 Å². The SMILES string of the molecule is CCCc1ccc(-c2ccc(C=O)c(Cl)c2)cc1. The number of carbonyl (C=O) groups excluding carboxylic acids is 1. The largest absolute Gasteiger partial charge is 0.298 e. The van der Waals surface area contributed by atoms with E-state index in [1.807, 2.05) is 12.1 Å². The molecule has 0 aliphatic heterocycles. The average Bonchev–Trinajstić information content (AvgIpc) is 2.40. The van der Waals surface area contributed by atoms with Gasteiger partial charge in [-0.15, -0.1) is 0 Å². The van der Waals surface area contributed by atoms with E-state index in [4.69, 9.17) is 11.6 Å². The summed E-state index contributed by atoms with van der Waals surface area (Å²) in [5.41, 5.74) is 4.03. The summed E-state index contributed by atoms with van der Waals surface area (Å²) in [5.74, 6) is 0. The molecule has 0 unspecified atom stereocenters. The lowest BCUT2D eigenvalue weighted by atomic mass is 10.0. The van der Waals surface area contributed by atoms with Crippen molar-refractivity contribution in [2.75, 3.05) is 0 Å². The third-order valence-corrected chi connectivity index (χ3v) is 3.28. The quantitative estimate of drug-likeness (QED) is 0.722. The molecule has 0 heterocycles. The Kier molecular flexibility index (Phi) is 4.16. The van der Waals surface area contributed by atoms with Crippen LogP contribution in [-0.4, -0.2) is 6.29 Å². The van der Waals surface area contributed by atoms with Crippen LogP contribution in [0.5, 0.6) is 0 Å². The van der Waals surface area contributed by atoms with Crippen molar-refractivity contribution in [2.45, 2.75) is 19.8 Å². The Balaban J connectivity index is 2.30. The second kappa shape index (κ2) is 5.83. The van der Waals surface area contributed by atoms with Gasteiger partial charge >= 0.3 is 0 Å². The molecule has 0 spiro atoms. The van der Waals surface area contributed by atoms with Gasteiger partial charge in [-0.2, -0.15) is 0 Å². The highest BCUT2D eigenvalue weighted by Gasteiger charge is 2.03. The summed E-state index contributed by atoms with van der Waals surface area (Å²) < 4.78 is 0. The van der Waals surface area contributed by atoms with E-state index in [2.05, 4.69) is 31.2 Å². The molecule has 2 heteroatoms. The molecule has 0 N–H and O–H groups in total. The number of aryl methyl sites for hydroxylation is 1. The van der Waals surface area contributed by atoms with Crippen LogP contribution in [0.1, 0.15) is 29.3 Å². The highest BCUT2D eigenvalue weighted by molar-refractivity contribution is 6.33. The predicted molar refractivity (Wildman–Crippen MR) is 76.3 cm³/mol. The Morgan fingerprint density at radius 1 is 1.06 bits per heavy atom. The van der Waals surface area contributed by atoms with E-state index < -0.39 is 0 Å². The fourth-order valence-corrected chi connectivity index (χ4v) is 2.18. The molecule has 0 aromatic heterocycles. The lowest BCUT2D eigenvalue weighted by Crippen LogP contribution is -1.86. The summed E-state index contributed by atoms with van der Waals surface area (Å²) in [6.07, 6.45) is 3.03. The van der Waals surface area contributed by atoms with Crippen LogP contribution in [0, 0.1) is 0 Å². The summed E-state index contributed by atoms with van der Waals surface area (Å²) in [7, 11) is 0. The molecule has 0 saturated carbocycles. The van der Waals surface area contributed by atoms with E-state index >= 15 is 0 Å². The van der Waals surface area contributed by atoms with Crippen LogP contribution in [-0.2, 0) is 6.42 Å². The molecule has 0 atom stereocenters. The van der Waals surface area contributed by atoms with E-state index in [0.29, 0.717) is 10.6 Å². The molecule has 0 saturated heterocycles. The fraction of sp³-hybridized carbons (Fsp3) is 0.188. The summed E-state index contributed by atoms with van der Waals surface area (Å²) in [4.78, 5) is 10.7. The highest BCUT2D eigenvalue weighted by atomic mass is 35.5. The van der Waals surface area contributed by atoms with Gasteiger partial charge in [-0.05, 0) is 35.2 Å². The molecule has 0 amide bonds. The number of aldehydes is 1. The van der Waals surface area contributed by atoms with Crippen molar-refractivity contribution in [3.8, 4) is 11.1 Å². The molecule has 1 nitrogen and oxygen atoms in total. The Labute approximate surface area is 112 Å². The van der Waals surface area contributed by atoms with Crippen LogP contribution in [0.3, 0.4) is 0 Å². The van der Waals surface area contributed by atoms with Crippen molar-refractivity contribution in [3.63, 3.8) is 0 Å². The van der Waals surface area contributed by atoms with Gasteiger partial charge in [0.05, 0.1) is 5.02 Å². The van der Waals surface area contributed by atoms with Crippen LogP contribution >= 0.6 is 11.6 Å². The zero-order valence-corrected chi connectivity index (χ0v) is 11.1. The molecule has 2 rings (SSSR count). The van der Waals surface area contributed by atoms with Gasteiger partial charge in [0, 0.05) is 5.56 Å². The van der Waals surface area contributed by atoms with Crippen LogP contribution in [0.25, 0.3) is 11.1 Å². The van der Waals surface area contributed by atoms with Gasteiger partial charge < -0.3 is 0 Å². The number of benzene rings is 2. The Morgan fingerprint density at radius 3 is 2.28 bits per heavy atom. The second-order valence-electron chi connectivity index (χ2n) is 4.30. The van der Waals surface area contributed by atoms with Crippen molar-refractivity contribution >= 4 is 17.9 Å². The molecule has 0 radical (unpaired) electrons. The molecule has 2 aromatic carbocycles. The first-order chi connectivity index (χ1) is 8.74. The molecule has 0 aliphatic carbocycles. The van der Waals surface area contributed by atoms with Crippen LogP contribution < -0.4 is 0 Å². The van der Waals surface area contributed by atoms with Crippen LogP contribution in [0.15, 0.2) is 42.5 Å². The van der Waals surface area contributed by atoms with Gasteiger partial charge in [0.2, 0.25) is 0 Å². The zero-order chi connectivity index (χ0) is 13.0. The van der Waals surface area contributed by atoms with Crippen LogP contribution in [0.4, 0.5) is 0 Å². The first-order valence-corrected chi connectivity index (χ1v) is 6.46. The van der Waals surface area contributed by atoms with Gasteiger partial charge in [0.15, 0.2) is 6.29 Å². The number of hydrogen-bond donors (Lipinski definition) is 0. The van der Waals surface area contributed by atoms with E-state index in [1.54, 1.807) is 6.07 Å². The minimum absolute atomic E-state index is 0.500. The lowest BCUT2D eigenvalue weighted by molar-refractivity contribution is 0.112. The lowest BCUT2D eigenvalue weighted by Gasteiger charge is -2.05. The number of rotatable bonds is 4. The van der Waals surface area contributed by atoms with Gasteiger partial charge in [-0.1, -0.05) is 55.3 Å². The maximum Gasteiger partial charge on any atom is 0.151 e. The van der Waals surface area contributed by atoms with E-state index in [1.165, 1.54) is 5.56 Å². The minimum atomic E-state index is 0.500. The van der Waals surface area contributed by atoms with Gasteiger partial charge in [0.1, 0.15) is 0 Å². The van der Waals surface area contributed by atoms with E-state index in [9.17, 15) is 4.79 Å². The maximum atomic E-state index is 10.7. The molecular weight excluding hydrogens is 244 g/mol. The zero-order valence-electron chi connectivity index (χ0n) is 10.3. The Morgan fingerprint density at radius 2 is 1.72 bits per heavy atom. The third kappa shape index (κ3) is 2.80. The molecule has 0 aliphatic rings. The smallest absolute Gasteiger partial charge is 0.151 e.